The van der Waals surface area contributed by atoms with E-state index in [1.54, 1.807) is 0 Å². The molecule has 1 aliphatic rings. The van der Waals surface area contributed by atoms with Crippen LogP contribution in [0.1, 0.15) is 44.7 Å². The van der Waals surface area contributed by atoms with Crippen LogP contribution in [0.2, 0.25) is 0 Å². The number of likely N-dealkylation sites (N-methyl/N-ethyl adjacent to an activating group) is 1. The van der Waals surface area contributed by atoms with Crippen molar-refractivity contribution in [2.24, 2.45) is 0 Å². The SMILES string of the molecule is CCNC(C1CCCCO1)C(C)c1ccccn1. The Hall–Kier alpha value is -0.930. The molecule has 0 spiro atoms. The Bertz CT molecular complexity index is 336. The summed E-state index contributed by atoms with van der Waals surface area (Å²) in [4.78, 5) is 4.48. The Kier molecular flexibility index (Phi) is 5.14. The van der Waals surface area contributed by atoms with Crippen LogP contribution in [0.4, 0.5) is 0 Å². The molecular formula is C15H24N2O. The summed E-state index contributed by atoms with van der Waals surface area (Å²) < 4.78 is 5.94. The summed E-state index contributed by atoms with van der Waals surface area (Å²) in [6.45, 7) is 6.28. The molecule has 1 aliphatic heterocycles. The monoisotopic (exact) mass is 248 g/mol. The van der Waals surface area contributed by atoms with Gasteiger partial charge >= 0.3 is 0 Å². The van der Waals surface area contributed by atoms with Gasteiger partial charge in [-0.25, -0.2) is 0 Å². The third-order valence-electron chi connectivity index (χ3n) is 3.75. The molecule has 3 nitrogen and oxygen atoms in total. The van der Waals surface area contributed by atoms with Crippen molar-refractivity contribution in [3.8, 4) is 0 Å². The van der Waals surface area contributed by atoms with Gasteiger partial charge in [0, 0.05) is 30.5 Å². The molecule has 3 heteroatoms. The van der Waals surface area contributed by atoms with Crippen LogP contribution >= 0.6 is 0 Å². The van der Waals surface area contributed by atoms with Crippen molar-refractivity contribution in [3.63, 3.8) is 0 Å². The molecule has 1 N–H and O–H groups in total. The number of hydrogen-bond donors (Lipinski definition) is 1. The zero-order valence-electron chi connectivity index (χ0n) is 11.4. The van der Waals surface area contributed by atoms with Crippen LogP contribution in [0.3, 0.4) is 0 Å². The third kappa shape index (κ3) is 3.30. The van der Waals surface area contributed by atoms with Crippen molar-refractivity contribution in [3.05, 3.63) is 30.1 Å². The van der Waals surface area contributed by atoms with Crippen LogP contribution in [-0.2, 0) is 4.74 Å². The molecular weight excluding hydrogens is 224 g/mol. The van der Waals surface area contributed by atoms with E-state index in [2.05, 4.69) is 36.3 Å². The molecule has 0 saturated carbocycles. The summed E-state index contributed by atoms with van der Waals surface area (Å²) in [5.74, 6) is 0.384. The Labute approximate surface area is 110 Å². The second-order valence-corrected chi connectivity index (χ2v) is 5.03. The van der Waals surface area contributed by atoms with Gasteiger partial charge in [-0.3, -0.25) is 4.98 Å². The number of pyridine rings is 1. The number of ether oxygens (including phenoxy) is 1. The van der Waals surface area contributed by atoms with Gasteiger partial charge in [0.25, 0.3) is 0 Å². The van der Waals surface area contributed by atoms with Crippen LogP contribution in [0.25, 0.3) is 0 Å². The summed E-state index contributed by atoms with van der Waals surface area (Å²) in [5, 5.41) is 3.59. The first kappa shape index (κ1) is 13.5. The first-order chi connectivity index (χ1) is 8.83. The average molecular weight is 248 g/mol. The molecule has 3 unspecified atom stereocenters. The Morgan fingerprint density at radius 1 is 1.44 bits per heavy atom. The lowest BCUT2D eigenvalue weighted by atomic mass is 9.89. The summed E-state index contributed by atoms with van der Waals surface area (Å²) >= 11 is 0. The number of nitrogens with one attached hydrogen (secondary N) is 1. The van der Waals surface area contributed by atoms with E-state index in [1.165, 1.54) is 12.8 Å². The van der Waals surface area contributed by atoms with Crippen molar-refractivity contribution in [1.82, 2.24) is 10.3 Å². The maximum Gasteiger partial charge on any atom is 0.0734 e. The third-order valence-corrected chi connectivity index (χ3v) is 3.75. The van der Waals surface area contributed by atoms with Crippen molar-refractivity contribution >= 4 is 0 Å². The van der Waals surface area contributed by atoms with Gasteiger partial charge in [-0.2, -0.15) is 0 Å². The highest BCUT2D eigenvalue weighted by molar-refractivity contribution is 5.12. The van der Waals surface area contributed by atoms with E-state index in [-0.39, 0.29) is 0 Å². The van der Waals surface area contributed by atoms with Gasteiger partial charge in [0.05, 0.1) is 6.10 Å². The highest BCUT2D eigenvalue weighted by Crippen LogP contribution is 2.25. The second-order valence-electron chi connectivity index (χ2n) is 5.03. The fraction of sp³-hybridized carbons (Fsp3) is 0.667. The molecule has 1 aromatic rings. The maximum absolute atomic E-state index is 5.94. The minimum Gasteiger partial charge on any atom is -0.377 e. The fourth-order valence-corrected chi connectivity index (χ4v) is 2.74. The van der Waals surface area contributed by atoms with E-state index in [4.69, 9.17) is 4.74 Å². The number of rotatable bonds is 5. The molecule has 2 rings (SSSR count). The number of hydrogen-bond acceptors (Lipinski definition) is 3. The molecule has 0 radical (unpaired) electrons. The summed E-state index contributed by atoms with van der Waals surface area (Å²) in [7, 11) is 0. The zero-order chi connectivity index (χ0) is 12.8. The zero-order valence-corrected chi connectivity index (χ0v) is 11.4. The second kappa shape index (κ2) is 6.86. The van der Waals surface area contributed by atoms with Crippen LogP contribution in [0, 0.1) is 0 Å². The van der Waals surface area contributed by atoms with Crippen LogP contribution in [0.5, 0.6) is 0 Å². The van der Waals surface area contributed by atoms with E-state index < -0.39 is 0 Å². The van der Waals surface area contributed by atoms with Crippen molar-refractivity contribution in [2.45, 2.75) is 51.2 Å². The first-order valence-electron chi connectivity index (χ1n) is 7.09. The number of aromatic nitrogens is 1. The normalized spacial score (nSPS) is 23.6. The Morgan fingerprint density at radius 2 is 2.33 bits per heavy atom. The lowest BCUT2D eigenvalue weighted by molar-refractivity contribution is -0.0123. The van der Waals surface area contributed by atoms with E-state index >= 15 is 0 Å². The smallest absolute Gasteiger partial charge is 0.0734 e. The Morgan fingerprint density at radius 3 is 2.94 bits per heavy atom. The molecule has 0 bridgehead atoms. The summed E-state index contributed by atoms with van der Waals surface area (Å²) in [5.41, 5.74) is 1.15. The summed E-state index contributed by atoms with van der Waals surface area (Å²) in [6, 6.07) is 6.50. The largest absolute Gasteiger partial charge is 0.377 e. The molecule has 1 aromatic heterocycles. The molecule has 0 aromatic carbocycles. The first-order valence-corrected chi connectivity index (χ1v) is 7.09. The molecule has 3 atom stereocenters. The predicted molar refractivity (Wildman–Crippen MR) is 73.7 cm³/mol. The molecule has 0 amide bonds. The maximum atomic E-state index is 5.94. The van der Waals surface area contributed by atoms with E-state index in [0.717, 1.165) is 25.3 Å². The minimum absolute atomic E-state index is 0.329. The molecule has 0 aliphatic carbocycles. The molecule has 18 heavy (non-hydrogen) atoms. The van der Waals surface area contributed by atoms with Gasteiger partial charge in [-0.1, -0.05) is 19.9 Å². The van der Waals surface area contributed by atoms with Gasteiger partial charge in [-0.05, 0) is 37.9 Å². The lowest BCUT2D eigenvalue weighted by Crippen LogP contribution is -2.46. The van der Waals surface area contributed by atoms with Crippen LogP contribution in [-0.4, -0.2) is 30.3 Å². The van der Waals surface area contributed by atoms with Gasteiger partial charge in [0.1, 0.15) is 0 Å². The highest BCUT2D eigenvalue weighted by Gasteiger charge is 2.29. The quantitative estimate of drug-likeness (QED) is 0.870. The average Bonchev–Trinajstić information content (AvgIpc) is 2.46. The van der Waals surface area contributed by atoms with E-state index in [0.29, 0.717) is 18.1 Å². The Balaban J connectivity index is 2.08. The van der Waals surface area contributed by atoms with E-state index in [1.807, 2.05) is 12.3 Å². The lowest BCUT2D eigenvalue weighted by Gasteiger charge is -2.34. The summed E-state index contributed by atoms with van der Waals surface area (Å²) in [6.07, 6.45) is 5.84. The minimum atomic E-state index is 0.329. The molecule has 1 saturated heterocycles. The topological polar surface area (TPSA) is 34.1 Å². The van der Waals surface area contributed by atoms with Crippen LogP contribution in [0.15, 0.2) is 24.4 Å². The number of nitrogens with zero attached hydrogens (tertiary/aromatic N) is 1. The molecule has 2 heterocycles. The van der Waals surface area contributed by atoms with E-state index in [9.17, 15) is 0 Å². The van der Waals surface area contributed by atoms with Gasteiger partial charge in [-0.15, -0.1) is 0 Å². The van der Waals surface area contributed by atoms with Gasteiger partial charge in [0.15, 0.2) is 0 Å². The molecule has 100 valence electrons. The van der Waals surface area contributed by atoms with Crippen molar-refractivity contribution in [2.75, 3.05) is 13.2 Å². The predicted octanol–water partition coefficient (Wildman–Crippen LogP) is 2.73. The highest BCUT2D eigenvalue weighted by atomic mass is 16.5. The standard InChI is InChI=1S/C15H24N2O/c1-3-16-15(14-9-5-7-11-18-14)12(2)13-8-4-6-10-17-13/h4,6,8,10,12,14-16H,3,5,7,9,11H2,1-2H3. The van der Waals surface area contributed by atoms with Crippen molar-refractivity contribution < 1.29 is 4.74 Å². The fourth-order valence-electron chi connectivity index (χ4n) is 2.74. The van der Waals surface area contributed by atoms with Crippen molar-refractivity contribution in [1.29, 1.82) is 0 Å². The van der Waals surface area contributed by atoms with Gasteiger partial charge in [0.2, 0.25) is 0 Å². The van der Waals surface area contributed by atoms with Crippen LogP contribution < -0.4 is 5.32 Å². The van der Waals surface area contributed by atoms with Gasteiger partial charge < -0.3 is 10.1 Å². The molecule has 1 fully saturated rings.